The number of aromatic nitrogens is 2. The van der Waals surface area contributed by atoms with E-state index in [1.54, 1.807) is 37.4 Å². The molecule has 0 aliphatic rings. The molecule has 0 aliphatic heterocycles. The van der Waals surface area contributed by atoms with Crippen molar-refractivity contribution in [3.63, 3.8) is 0 Å². The molecule has 0 fully saturated rings. The molecular weight excluding hydrogens is 289 g/mol. The highest BCUT2D eigenvalue weighted by Gasteiger charge is 2.06. The Labute approximate surface area is 122 Å². The van der Waals surface area contributed by atoms with E-state index >= 15 is 0 Å². The molecule has 0 spiro atoms. The first-order chi connectivity index (χ1) is 8.72. The van der Waals surface area contributed by atoms with Crippen LogP contribution in [-0.4, -0.2) is 17.3 Å². The number of ether oxygens (including phenoxy) is 2. The van der Waals surface area contributed by atoms with Crippen LogP contribution in [0.25, 0.3) is 0 Å². The molecule has 0 unspecified atom stereocenters. The van der Waals surface area contributed by atoms with Gasteiger partial charge in [0.05, 0.1) is 17.8 Å². The first kappa shape index (κ1) is 15.5. The molecule has 0 saturated heterocycles. The quantitative estimate of drug-likeness (QED) is 0.940. The molecule has 2 N–H and O–H groups in total. The van der Waals surface area contributed by atoms with Gasteiger partial charge in [0.15, 0.2) is 0 Å². The minimum Gasteiger partial charge on any atom is -0.497 e. The number of halogens is 2. The summed E-state index contributed by atoms with van der Waals surface area (Å²) in [4.78, 5) is 0. The Hall–Kier alpha value is -1.56. The van der Waals surface area contributed by atoms with Gasteiger partial charge in [0.25, 0.3) is 0 Å². The van der Waals surface area contributed by atoms with Crippen LogP contribution in [0.1, 0.15) is 5.69 Å². The Morgan fingerprint density at radius 3 is 2.53 bits per heavy atom. The fourth-order valence-electron chi connectivity index (χ4n) is 1.31. The van der Waals surface area contributed by atoms with Crippen LogP contribution in [0.5, 0.6) is 17.4 Å². The lowest BCUT2D eigenvalue weighted by Gasteiger charge is -2.07. The molecule has 1 aromatic carbocycles. The van der Waals surface area contributed by atoms with Gasteiger partial charge in [0.2, 0.25) is 5.88 Å². The van der Waals surface area contributed by atoms with Crippen LogP contribution >= 0.6 is 24.0 Å². The Kier molecular flexibility index (Phi) is 5.82. The summed E-state index contributed by atoms with van der Waals surface area (Å²) in [5.41, 5.74) is 6.13. The standard InChI is InChI=1S/C12H12ClN3O2.ClH/c1-17-9-3-4-11(10(13)6-9)18-12-5-2-8(7-14)15-16-12;/h2-6H,7,14H2,1H3;1H. The number of rotatable bonds is 4. The first-order valence-electron chi connectivity index (χ1n) is 5.27. The van der Waals surface area contributed by atoms with E-state index in [4.69, 9.17) is 26.8 Å². The van der Waals surface area contributed by atoms with E-state index < -0.39 is 0 Å². The Balaban J connectivity index is 0.00000180. The molecule has 2 aromatic rings. The summed E-state index contributed by atoms with van der Waals surface area (Å²) in [6.07, 6.45) is 0. The molecule has 1 aromatic heterocycles. The van der Waals surface area contributed by atoms with Crippen molar-refractivity contribution in [1.29, 1.82) is 0 Å². The normalized spacial score (nSPS) is 9.63. The second-order valence-electron chi connectivity index (χ2n) is 3.47. The summed E-state index contributed by atoms with van der Waals surface area (Å²) < 4.78 is 10.6. The van der Waals surface area contributed by atoms with Crippen molar-refractivity contribution in [2.24, 2.45) is 5.73 Å². The van der Waals surface area contributed by atoms with Gasteiger partial charge in [-0.3, -0.25) is 0 Å². The SMILES string of the molecule is COc1ccc(Oc2ccc(CN)nn2)c(Cl)c1.Cl. The molecule has 0 bridgehead atoms. The van der Waals surface area contributed by atoms with Gasteiger partial charge >= 0.3 is 0 Å². The van der Waals surface area contributed by atoms with Crippen molar-refractivity contribution in [1.82, 2.24) is 10.2 Å². The van der Waals surface area contributed by atoms with Crippen LogP contribution in [0.15, 0.2) is 30.3 Å². The van der Waals surface area contributed by atoms with Crippen molar-refractivity contribution in [2.75, 3.05) is 7.11 Å². The molecule has 0 radical (unpaired) electrons. The molecule has 19 heavy (non-hydrogen) atoms. The average molecular weight is 302 g/mol. The maximum absolute atomic E-state index is 6.04. The topological polar surface area (TPSA) is 70.3 Å². The van der Waals surface area contributed by atoms with Gasteiger partial charge in [-0.15, -0.1) is 17.5 Å². The highest BCUT2D eigenvalue weighted by molar-refractivity contribution is 6.32. The molecule has 2 rings (SSSR count). The lowest BCUT2D eigenvalue weighted by molar-refractivity contribution is 0.412. The summed E-state index contributed by atoms with van der Waals surface area (Å²) in [6.45, 7) is 0.344. The highest BCUT2D eigenvalue weighted by Crippen LogP contribution is 2.31. The molecule has 102 valence electrons. The molecule has 0 saturated carbocycles. The second-order valence-corrected chi connectivity index (χ2v) is 3.87. The van der Waals surface area contributed by atoms with E-state index in [-0.39, 0.29) is 12.4 Å². The van der Waals surface area contributed by atoms with Gasteiger partial charge in [-0.2, -0.15) is 5.10 Å². The Bertz CT molecular complexity index is 535. The van der Waals surface area contributed by atoms with Gasteiger partial charge < -0.3 is 15.2 Å². The smallest absolute Gasteiger partial charge is 0.238 e. The number of methoxy groups -OCH3 is 1. The third kappa shape index (κ3) is 3.96. The van der Waals surface area contributed by atoms with E-state index in [0.29, 0.717) is 34.6 Å². The fraction of sp³-hybridized carbons (Fsp3) is 0.167. The monoisotopic (exact) mass is 301 g/mol. The minimum atomic E-state index is 0. The summed E-state index contributed by atoms with van der Waals surface area (Å²) in [5, 5.41) is 8.22. The highest BCUT2D eigenvalue weighted by atomic mass is 35.5. The van der Waals surface area contributed by atoms with Crippen molar-refractivity contribution in [3.05, 3.63) is 41.0 Å². The van der Waals surface area contributed by atoms with Gasteiger partial charge in [0, 0.05) is 18.7 Å². The Morgan fingerprint density at radius 2 is 2.00 bits per heavy atom. The van der Waals surface area contributed by atoms with Crippen LogP contribution in [0.4, 0.5) is 0 Å². The number of hydrogen-bond acceptors (Lipinski definition) is 5. The summed E-state index contributed by atoms with van der Waals surface area (Å²) in [5.74, 6) is 1.52. The zero-order valence-electron chi connectivity index (χ0n) is 10.2. The number of benzene rings is 1. The van der Waals surface area contributed by atoms with Crippen LogP contribution in [0.3, 0.4) is 0 Å². The third-order valence-electron chi connectivity index (χ3n) is 2.26. The number of nitrogens with two attached hydrogens (primary N) is 1. The van der Waals surface area contributed by atoms with Crippen LogP contribution < -0.4 is 15.2 Å². The lowest BCUT2D eigenvalue weighted by Crippen LogP contribution is -2.01. The van der Waals surface area contributed by atoms with Gasteiger partial charge in [-0.25, -0.2) is 0 Å². The Morgan fingerprint density at radius 1 is 1.21 bits per heavy atom. The second kappa shape index (κ2) is 7.13. The predicted molar refractivity (Wildman–Crippen MR) is 75.2 cm³/mol. The van der Waals surface area contributed by atoms with Gasteiger partial charge in [-0.05, 0) is 18.2 Å². The predicted octanol–water partition coefficient (Wildman–Crippen LogP) is 2.81. The molecule has 5 nitrogen and oxygen atoms in total. The van der Waals surface area contributed by atoms with E-state index in [9.17, 15) is 0 Å². The molecule has 1 heterocycles. The lowest BCUT2D eigenvalue weighted by atomic mass is 10.3. The minimum absolute atomic E-state index is 0. The maximum atomic E-state index is 6.04. The average Bonchev–Trinajstić information content (AvgIpc) is 2.42. The number of hydrogen-bond donors (Lipinski definition) is 1. The number of nitrogens with zero attached hydrogens (tertiary/aromatic N) is 2. The van der Waals surface area contributed by atoms with Crippen molar-refractivity contribution < 1.29 is 9.47 Å². The van der Waals surface area contributed by atoms with Crippen LogP contribution in [-0.2, 0) is 6.54 Å². The zero-order valence-corrected chi connectivity index (χ0v) is 11.7. The maximum Gasteiger partial charge on any atom is 0.238 e. The molecular formula is C12H13Cl2N3O2. The van der Waals surface area contributed by atoms with Crippen molar-refractivity contribution >= 4 is 24.0 Å². The molecule has 7 heteroatoms. The van der Waals surface area contributed by atoms with E-state index in [1.807, 2.05) is 0 Å². The largest absolute Gasteiger partial charge is 0.497 e. The van der Waals surface area contributed by atoms with Crippen LogP contribution in [0.2, 0.25) is 5.02 Å². The zero-order chi connectivity index (χ0) is 13.0. The van der Waals surface area contributed by atoms with E-state index in [2.05, 4.69) is 10.2 Å². The van der Waals surface area contributed by atoms with Gasteiger partial charge in [-0.1, -0.05) is 11.6 Å². The summed E-state index contributed by atoms with van der Waals surface area (Å²) in [6, 6.07) is 8.57. The van der Waals surface area contributed by atoms with Gasteiger partial charge in [0.1, 0.15) is 11.5 Å². The molecule has 0 aliphatic carbocycles. The first-order valence-corrected chi connectivity index (χ1v) is 5.65. The fourth-order valence-corrected chi connectivity index (χ4v) is 1.52. The van der Waals surface area contributed by atoms with E-state index in [1.165, 1.54) is 0 Å². The van der Waals surface area contributed by atoms with Crippen LogP contribution in [0, 0.1) is 0 Å². The summed E-state index contributed by atoms with van der Waals surface area (Å²) >= 11 is 6.04. The third-order valence-corrected chi connectivity index (χ3v) is 2.55. The van der Waals surface area contributed by atoms with E-state index in [0.717, 1.165) is 0 Å². The summed E-state index contributed by atoms with van der Waals surface area (Å²) in [7, 11) is 1.57. The molecule has 0 amide bonds. The van der Waals surface area contributed by atoms with Crippen molar-refractivity contribution in [3.8, 4) is 17.4 Å². The van der Waals surface area contributed by atoms with Crippen molar-refractivity contribution in [2.45, 2.75) is 6.54 Å². The molecule has 0 atom stereocenters.